The molecule has 7 heteroatoms. The monoisotopic (exact) mass is 409 g/mol. The van der Waals surface area contributed by atoms with Gasteiger partial charge in [0.1, 0.15) is 11.6 Å². The molecule has 1 fully saturated rings. The van der Waals surface area contributed by atoms with Crippen LogP contribution in [0.2, 0.25) is 0 Å². The topological polar surface area (TPSA) is 72.2 Å². The van der Waals surface area contributed by atoms with Crippen LogP contribution in [-0.4, -0.2) is 51.3 Å². The Morgan fingerprint density at radius 3 is 2.60 bits per heavy atom. The molecule has 7 nitrogen and oxygen atoms in total. The highest BCUT2D eigenvalue weighted by molar-refractivity contribution is 6.08. The summed E-state index contributed by atoms with van der Waals surface area (Å²) < 4.78 is 3.25. The van der Waals surface area contributed by atoms with Gasteiger partial charge in [-0.15, -0.1) is 0 Å². The van der Waals surface area contributed by atoms with E-state index in [2.05, 4.69) is 15.3 Å². The van der Waals surface area contributed by atoms with E-state index in [1.807, 2.05) is 35.8 Å². The Kier molecular flexibility index (Phi) is 6.18. The number of nitrogens with one attached hydrogen (secondary N) is 1. The molecular formula is C23H31N5O2. The number of para-hydroxylation sites is 1. The van der Waals surface area contributed by atoms with Crippen molar-refractivity contribution < 1.29 is 4.79 Å². The maximum Gasteiger partial charge on any atom is 0.291 e. The van der Waals surface area contributed by atoms with E-state index in [9.17, 15) is 9.59 Å². The van der Waals surface area contributed by atoms with Crippen molar-refractivity contribution in [3.8, 4) is 0 Å². The minimum atomic E-state index is -0.438. The van der Waals surface area contributed by atoms with Crippen molar-refractivity contribution >= 4 is 27.7 Å². The third-order valence-electron chi connectivity index (χ3n) is 6.23. The van der Waals surface area contributed by atoms with Crippen molar-refractivity contribution in [3.63, 3.8) is 0 Å². The lowest BCUT2D eigenvalue weighted by Crippen LogP contribution is -2.39. The third-order valence-corrected chi connectivity index (χ3v) is 6.23. The number of benzene rings is 1. The zero-order valence-corrected chi connectivity index (χ0v) is 17.9. The Balaban J connectivity index is 1.62. The SMILES string of the molecule is CC[C@@H](C(=O)NCCN1CCCCCC1)n1c2ccccc2c2cnn(C)c(=O)c21. The summed E-state index contributed by atoms with van der Waals surface area (Å²) in [5, 5.41) is 9.07. The van der Waals surface area contributed by atoms with Crippen LogP contribution < -0.4 is 10.9 Å². The van der Waals surface area contributed by atoms with Gasteiger partial charge < -0.3 is 14.8 Å². The van der Waals surface area contributed by atoms with Crippen LogP contribution >= 0.6 is 0 Å². The molecule has 0 aliphatic carbocycles. The molecule has 30 heavy (non-hydrogen) atoms. The van der Waals surface area contributed by atoms with Gasteiger partial charge in [0.2, 0.25) is 5.91 Å². The van der Waals surface area contributed by atoms with Crippen LogP contribution in [0.1, 0.15) is 45.1 Å². The number of rotatable bonds is 6. The predicted molar refractivity (Wildman–Crippen MR) is 120 cm³/mol. The van der Waals surface area contributed by atoms with Crippen LogP contribution in [0.25, 0.3) is 21.8 Å². The summed E-state index contributed by atoms with van der Waals surface area (Å²) in [6.07, 6.45) is 7.42. The van der Waals surface area contributed by atoms with Crippen molar-refractivity contribution in [3.05, 3.63) is 40.8 Å². The van der Waals surface area contributed by atoms with Crippen molar-refractivity contribution in [2.75, 3.05) is 26.2 Å². The summed E-state index contributed by atoms with van der Waals surface area (Å²) in [7, 11) is 1.64. The van der Waals surface area contributed by atoms with E-state index in [1.165, 1.54) is 30.4 Å². The van der Waals surface area contributed by atoms with Crippen molar-refractivity contribution in [1.29, 1.82) is 0 Å². The number of aryl methyl sites for hydroxylation is 1. The first-order chi connectivity index (χ1) is 14.6. The van der Waals surface area contributed by atoms with Crippen LogP contribution in [0.5, 0.6) is 0 Å². The van der Waals surface area contributed by atoms with Crippen LogP contribution in [-0.2, 0) is 11.8 Å². The summed E-state index contributed by atoms with van der Waals surface area (Å²) in [6.45, 7) is 5.73. The van der Waals surface area contributed by atoms with Gasteiger partial charge in [-0.1, -0.05) is 38.0 Å². The standard InChI is InChI=1S/C23H31N5O2/c1-3-19(22(29)24-12-15-27-13-8-4-5-9-14-27)28-20-11-7-6-10-17(20)18-16-25-26(2)23(30)21(18)28/h6-7,10-11,16,19H,3-5,8-9,12-15H2,1-2H3,(H,24,29)/t19-/m0/s1. The molecule has 2 aromatic heterocycles. The molecule has 0 saturated carbocycles. The van der Waals surface area contributed by atoms with Crippen molar-refractivity contribution in [2.45, 2.75) is 45.1 Å². The highest BCUT2D eigenvalue weighted by atomic mass is 16.2. The second-order valence-corrected chi connectivity index (χ2v) is 8.19. The number of hydrogen-bond acceptors (Lipinski definition) is 4. The fourth-order valence-corrected chi connectivity index (χ4v) is 4.61. The lowest BCUT2D eigenvalue weighted by Gasteiger charge is -2.22. The van der Waals surface area contributed by atoms with E-state index in [-0.39, 0.29) is 11.5 Å². The number of amides is 1. The summed E-state index contributed by atoms with van der Waals surface area (Å²) in [5.41, 5.74) is 1.26. The lowest BCUT2D eigenvalue weighted by atomic mass is 10.2. The van der Waals surface area contributed by atoms with E-state index in [1.54, 1.807) is 13.2 Å². The molecule has 1 N–H and O–H groups in total. The first-order valence-electron chi connectivity index (χ1n) is 11.1. The number of likely N-dealkylation sites (tertiary alicyclic amines) is 1. The van der Waals surface area contributed by atoms with Gasteiger partial charge in [-0.2, -0.15) is 5.10 Å². The highest BCUT2D eigenvalue weighted by Crippen LogP contribution is 2.30. The minimum absolute atomic E-state index is 0.0335. The van der Waals surface area contributed by atoms with Gasteiger partial charge in [0.25, 0.3) is 5.56 Å². The smallest absolute Gasteiger partial charge is 0.291 e. The van der Waals surface area contributed by atoms with Gasteiger partial charge in [-0.05, 0) is 38.4 Å². The molecule has 1 aromatic carbocycles. The summed E-state index contributed by atoms with van der Waals surface area (Å²) in [4.78, 5) is 28.6. The Hall–Kier alpha value is -2.67. The van der Waals surface area contributed by atoms with E-state index in [0.29, 0.717) is 18.5 Å². The Morgan fingerprint density at radius 2 is 1.87 bits per heavy atom. The minimum Gasteiger partial charge on any atom is -0.353 e. The molecule has 0 bridgehead atoms. The molecule has 1 aliphatic heterocycles. The summed E-state index contributed by atoms with van der Waals surface area (Å²) >= 11 is 0. The maximum atomic E-state index is 13.2. The number of hydrogen-bond donors (Lipinski definition) is 1. The van der Waals surface area contributed by atoms with E-state index in [0.717, 1.165) is 35.9 Å². The van der Waals surface area contributed by atoms with Crippen LogP contribution in [0, 0.1) is 0 Å². The normalized spacial score (nSPS) is 16.6. The Labute approximate surface area is 176 Å². The van der Waals surface area contributed by atoms with Gasteiger partial charge in [-0.25, -0.2) is 4.68 Å². The van der Waals surface area contributed by atoms with Crippen molar-refractivity contribution in [1.82, 2.24) is 24.6 Å². The van der Waals surface area contributed by atoms with Crippen LogP contribution in [0.4, 0.5) is 0 Å². The molecular weight excluding hydrogens is 378 g/mol. The number of fused-ring (bicyclic) bond motifs is 3. The van der Waals surface area contributed by atoms with Crippen LogP contribution in [0.3, 0.4) is 0 Å². The number of nitrogens with zero attached hydrogens (tertiary/aromatic N) is 4. The zero-order chi connectivity index (χ0) is 21.1. The molecule has 0 radical (unpaired) electrons. The summed E-state index contributed by atoms with van der Waals surface area (Å²) in [5.74, 6) is -0.0335. The molecule has 4 rings (SSSR count). The molecule has 0 spiro atoms. The Bertz CT molecular complexity index is 1090. The number of carbonyl (C=O) groups excluding carboxylic acids is 1. The van der Waals surface area contributed by atoms with E-state index < -0.39 is 6.04 Å². The van der Waals surface area contributed by atoms with Gasteiger partial charge in [0.05, 0.1) is 11.7 Å². The molecule has 1 atom stereocenters. The fraction of sp³-hybridized carbons (Fsp3) is 0.522. The lowest BCUT2D eigenvalue weighted by molar-refractivity contribution is -0.124. The van der Waals surface area contributed by atoms with Gasteiger partial charge in [0, 0.05) is 30.9 Å². The molecule has 0 unspecified atom stereocenters. The highest BCUT2D eigenvalue weighted by Gasteiger charge is 2.25. The first-order valence-corrected chi connectivity index (χ1v) is 11.1. The largest absolute Gasteiger partial charge is 0.353 e. The average molecular weight is 410 g/mol. The average Bonchev–Trinajstić information content (AvgIpc) is 2.89. The Morgan fingerprint density at radius 1 is 1.13 bits per heavy atom. The second kappa shape index (κ2) is 9.00. The molecule has 1 amide bonds. The van der Waals surface area contributed by atoms with E-state index in [4.69, 9.17) is 0 Å². The quantitative estimate of drug-likeness (QED) is 0.680. The molecule has 3 heterocycles. The maximum absolute atomic E-state index is 13.2. The van der Waals surface area contributed by atoms with E-state index >= 15 is 0 Å². The number of carbonyl (C=O) groups is 1. The number of aromatic nitrogens is 3. The molecule has 160 valence electrons. The fourth-order valence-electron chi connectivity index (χ4n) is 4.61. The van der Waals surface area contributed by atoms with Crippen molar-refractivity contribution in [2.24, 2.45) is 7.05 Å². The van der Waals surface area contributed by atoms with Gasteiger partial charge in [-0.3, -0.25) is 9.59 Å². The molecule has 3 aromatic rings. The predicted octanol–water partition coefficient (Wildman–Crippen LogP) is 2.83. The first kappa shape index (κ1) is 20.6. The molecule has 1 aliphatic rings. The summed E-state index contributed by atoms with van der Waals surface area (Å²) in [6, 6.07) is 7.42. The third kappa shape index (κ3) is 3.86. The second-order valence-electron chi connectivity index (χ2n) is 8.19. The van der Waals surface area contributed by atoms with Gasteiger partial charge in [0.15, 0.2) is 0 Å². The zero-order valence-electron chi connectivity index (χ0n) is 17.9. The molecule has 1 saturated heterocycles. The van der Waals surface area contributed by atoms with Crippen LogP contribution in [0.15, 0.2) is 35.3 Å². The van der Waals surface area contributed by atoms with Gasteiger partial charge >= 0.3 is 0 Å².